The first-order valence-electron chi connectivity index (χ1n) is 7.85. The van der Waals surface area contributed by atoms with Crippen LogP contribution in [0.2, 0.25) is 0 Å². The lowest BCUT2D eigenvalue weighted by atomic mass is 10.1. The topological polar surface area (TPSA) is 87.1 Å². The molecule has 0 unspecified atom stereocenters. The summed E-state index contributed by atoms with van der Waals surface area (Å²) in [6.45, 7) is 1.49. The molecule has 0 atom stereocenters. The molecule has 0 saturated carbocycles. The summed E-state index contributed by atoms with van der Waals surface area (Å²) in [7, 11) is 0. The molecule has 6 nitrogen and oxygen atoms in total. The van der Waals surface area contributed by atoms with Crippen LogP contribution in [0.3, 0.4) is 0 Å². The highest BCUT2D eigenvalue weighted by Gasteiger charge is 2.05. The van der Waals surface area contributed by atoms with Gasteiger partial charge in [-0.05, 0) is 48.2 Å². The van der Waals surface area contributed by atoms with Crippen LogP contribution < -0.4 is 10.1 Å². The molecule has 1 amide bonds. The van der Waals surface area contributed by atoms with Gasteiger partial charge in [0.05, 0.1) is 6.61 Å². The van der Waals surface area contributed by atoms with Crippen molar-refractivity contribution in [1.82, 2.24) is 5.32 Å². The number of hydrogen-bond acceptors (Lipinski definition) is 3. The lowest BCUT2D eigenvalue weighted by molar-refractivity contribution is 0.0954. The van der Waals surface area contributed by atoms with Gasteiger partial charge in [-0.2, -0.15) is 0 Å². The van der Waals surface area contributed by atoms with Crippen molar-refractivity contribution < 1.29 is 9.53 Å². The third-order valence-corrected chi connectivity index (χ3v) is 3.39. The zero-order chi connectivity index (χ0) is 17.0. The number of rotatable bonds is 9. The van der Waals surface area contributed by atoms with E-state index in [1.165, 1.54) is 5.56 Å². The first-order chi connectivity index (χ1) is 11.8. The lowest BCUT2D eigenvalue weighted by Gasteiger charge is -2.08. The van der Waals surface area contributed by atoms with Crippen LogP contribution in [0.1, 0.15) is 22.3 Å². The minimum absolute atomic E-state index is 0.0964. The zero-order valence-electron chi connectivity index (χ0n) is 13.4. The maximum atomic E-state index is 12.1. The number of hydrogen-bond donors (Lipinski definition) is 1. The fraction of sp³-hybridized carbons (Fsp3) is 0.278. The summed E-state index contributed by atoms with van der Waals surface area (Å²) in [6.07, 6.45) is 1.46. The summed E-state index contributed by atoms with van der Waals surface area (Å²) in [5.74, 6) is 0.595. The van der Waals surface area contributed by atoms with Crippen molar-refractivity contribution in [3.8, 4) is 5.75 Å². The molecule has 0 aliphatic carbocycles. The zero-order valence-corrected chi connectivity index (χ0v) is 13.4. The van der Waals surface area contributed by atoms with Gasteiger partial charge in [-0.1, -0.05) is 35.4 Å². The average molecular weight is 324 g/mol. The number of nitrogens with one attached hydrogen (secondary N) is 1. The quantitative estimate of drug-likeness (QED) is 0.330. The second kappa shape index (κ2) is 9.92. The second-order valence-electron chi connectivity index (χ2n) is 5.17. The highest BCUT2D eigenvalue weighted by molar-refractivity contribution is 5.94. The van der Waals surface area contributed by atoms with E-state index in [4.69, 9.17) is 10.3 Å². The Morgan fingerprint density at radius 2 is 1.88 bits per heavy atom. The number of benzene rings is 2. The molecule has 0 heterocycles. The molecule has 0 radical (unpaired) electrons. The third-order valence-electron chi connectivity index (χ3n) is 3.39. The second-order valence-corrected chi connectivity index (χ2v) is 5.17. The highest BCUT2D eigenvalue weighted by atomic mass is 16.5. The number of amides is 1. The Hall–Kier alpha value is -2.98. The summed E-state index contributed by atoms with van der Waals surface area (Å²) in [5, 5.41) is 6.35. The summed E-state index contributed by atoms with van der Waals surface area (Å²) >= 11 is 0. The predicted molar refractivity (Wildman–Crippen MR) is 93.0 cm³/mol. The average Bonchev–Trinajstić information content (AvgIpc) is 2.63. The maximum Gasteiger partial charge on any atom is 0.251 e. The Kier molecular flexibility index (Phi) is 7.18. The first kappa shape index (κ1) is 17.4. The molecule has 24 heavy (non-hydrogen) atoms. The van der Waals surface area contributed by atoms with Gasteiger partial charge in [0, 0.05) is 23.6 Å². The van der Waals surface area contributed by atoms with Crippen molar-refractivity contribution >= 4 is 5.91 Å². The van der Waals surface area contributed by atoms with E-state index in [0.29, 0.717) is 37.4 Å². The van der Waals surface area contributed by atoms with E-state index in [2.05, 4.69) is 15.3 Å². The summed E-state index contributed by atoms with van der Waals surface area (Å²) < 4.78 is 5.51. The van der Waals surface area contributed by atoms with Gasteiger partial charge < -0.3 is 10.1 Å². The van der Waals surface area contributed by atoms with Gasteiger partial charge in [0.25, 0.3) is 5.91 Å². The molecule has 0 saturated heterocycles. The van der Waals surface area contributed by atoms with E-state index in [0.717, 1.165) is 6.42 Å². The van der Waals surface area contributed by atoms with Gasteiger partial charge in [0.2, 0.25) is 0 Å². The Morgan fingerprint density at radius 3 is 2.58 bits per heavy atom. The van der Waals surface area contributed by atoms with Gasteiger partial charge in [-0.25, -0.2) is 0 Å². The van der Waals surface area contributed by atoms with Crippen molar-refractivity contribution in [2.75, 3.05) is 19.7 Å². The van der Waals surface area contributed by atoms with Crippen LogP contribution in [0.5, 0.6) is 5.75 Å². The van der Waals surface area contributed by atoms with Crippen LogP contribution in [0.4, 0.5) is 0 Å². The molecule has 1 N–H and O–H groups in total. The normalized spacial score (nSPS) is 9.83. The monoisotopic (exact) mass is 324 g/mol. The largest absolute Gasteiger partial charge is 0.494 e. The summed E-state index contributed by atoms with van der Waals surface area (Å²) in [6, 6.07) is 17.0. The number of carbonyl (C=O) groups excluding carboxylic acids is 1. The molecule has 0 aliphatic rings. The van der Waals surface area contributed by atoms with Gasteiger partial charge in [0.1, 0.15) is 5.75 Å². The van der Waals surface area contributed by atoms with Crippen LogP contribution in [-0.2, 0) is 6.42 Å². The molecule has 0 aliphatic heterocycles. The van der Waals surface area contributed by atoms with Gasteiger partial charge in [-0.15, -0.1) is 0 Å². The first-order valence-corrected chi connectivity index (χ1v) is 7.85. The molecular weight excluding hydrogens is 304 g/mol. The maximum absolute atomic E-state index is 12.1. The lowest BCUT2D eigenvalue weighted by Crippen LogP contribution is -2.25. The van der Waals surface area contributed by atoms with E-state index in [1.54, 1.807) is 24.3 Å². The number of carbonyl (C=O) groups is 1. The van der Waals surface area contributed by atoms with Gasteiger partial charge in [-0.3, -0.25) is 4.79 Å². The molecule has 2 aromatic carbocycles. The molecule has 2 aromatic rings. The van der Waals surface area contributed by atoms with Crippen LogP contribution in [0.15, 0.2) is 59.7 Å². The Morgan fingerprint density at radius 1 is 1.12 bits per heavy atom. The van der Waals surface area contributed by atoms with Crippen molar-refractivity contribution in [3.05, 3.63) is 76.2 Å². The Bertz CT molecular complexity index is 680. The Balaban J connectivity index is 1.73. The molecule has 2 rings (SSSR count). The summed E-state index contributed by atoms with van der Waals surface area (Å²) in [4.78, 5) is 14.8. The van der Waals surface area contributed by atoms with Crippen molar-refractivity contribution in [2.24, 2.45) is 5.11 Å². The van der Waals surface area contributed by atoms with Crippen LogP contribution in [0, 0.1) is 0 Å². The molecule has 0 aromatic heterocycles. The van der Waals surface area contributed by atoms with Crippen molar-refractivity contribution in [2.45, 2.75) is 12.8 Å². The molecular formula is C18H20N4O2. The number of ether oxygens (including phenoxy) is 1. The van der Waals surface area contributed by atoms with Crippen LogP contribution >= 0.6 is 0 Å². The Labute approximate surface area is 141 Å². The fourth-order valence-corrected chi connectivity index (χ4v) is 2.14. The smallest absolute Gasteiger partial charge is 0.251 e. The fourth-order valence-electron chi connectivity index (χ4n) is 2.14. The van der Waals surface area contributed by atoms with E-state index in [9.17, 15) is 4.79 Å². The SMILES string of the molecule is [N-]=[N+]=NCCCOc1ccc(C(=O)NCCc2ccccc2)cc1. The van der Waals surface area contributed by atoms with E-state index >= 15 is 0 Å². The van der Waals surface area contributed by atoms with Gasteiger partial charge in [0.15, 0.2) is 0 Å². The number of azide groups is 1. The van der Waals surface area contributed by atoms with Crippen LogP contribution in [-0.4, -0.2) is 25.6 Å². The van der Waals surface area contributed by atoms with E-state index in [1.807, 2.05) is 30.3 Å². The van der Waals surface area contributed by atoms with Crippen LogP contribution in [0.25, 0.3) is 10.4 Å². The standard InChI is InChI=1S/C18H20N4O2/c19-22-21-12-4-14-24-17-9-7-16(8-10-17)18(23)20-13-11-15-5-2-1-3-6-15/h1-3,5-10H,4,11-14H2,(H,20,23). The minimum Gasteiger partial charge on any atom is -0.494 e. The van der Waals surface area contributed by atoms with Crippen molar-refractivity contribution in [1.29, 1.82) is 0 Å². The van der Waals surface area contributed by atoms with Crippen molar-refractivity contribution in [3.63, 3.8) is 0 Å². The van der Waals surface area contributed by atoms with E-state index in [-0.39, 0.29) is 5.91 Å². The highest BCUT2D eigenvalue weighted by Crippen LogP contribution is 2.12. The van der Waals surface area contributed by atoms with E-state index < -0.39 is 0 Å². The number of nitrogens with zero attached hydrogens (tertiary/aromatic N) is 3. The molecule has 124 valence electrons. The molecule has 6 heteroatoms. The summed E-state index contributed by atoms with van der Waals surface area (Å²) in [5.41, 5.74) is 9.97. The third kappa shape index (κ3) is 6.02. The molecule has 0 spiro atoms. The minimum atomic E-state index is -0.0964. The molecule has 0 fully saturated rings. The van der Waals surface area contributed by atoms with Gasteiger partial charge >= 0.3 is 0 Å². The molecule has 0 bridgehead atoms. The predicted octanol–water partition coefficient (Wildman–Crippen LogP) is 3.74.